The summed E-state index contributed by atoms with van der Waals surface area (Å²) in [6, 6.07) is 8.84. The van der Waals surface area contributed by atoms with Gasteiger partial charge in [-0.15, -0.1) is 0 Å². The van der Waals surface area contributed by atoms with Crippen LogP contribution >= 0.6 is 0 Å². The molecule has 3 heteroatoms. The topological polar surface area (TPSA) is 37.8 Å². The minimum Gasteiger partial charge on any atom is -0.351 e. The van der Waals surface area contributed by atoms with Gasteiger partial charge in [0.25, 0.3) is 0 Å². The fraction of sp³-hybridized carbons (Fsp3) is 0.500. The van der Waals surface area contributed by atoms with Gasteiger partial charge < -0.3 is 5.32 Å². The molecule has 1 heterocycles. The maximum absolute atomic E-state index is 4.63. The van der Waals surface area contributed by atoms with Crippen molar-refractivity contribution in [3.63, 3.8) is 0 Å². The van der Waals surface area contributed by atoms with Crippen LogP contribution in [0.1, 0.15) is 19.3 Å². The number of rotatable bonds is 2. The first-order valence-corrected chi connectivity index (χ1v) is 7.38. The Hall–Kier alpha value is -1.64. The first-order valence-electron chi connectivity index (χ1n) is 7.38. The Balaban J connectivity index is 1.41. The van der Waals surface area contributed by atoms with Crippen LogP contribution in [0.3, 0.4) is 0 Å². The molecule has 0 spiro atoms. The molecule has 3 fully saturated rings. The average Bonchev–Trinajstić information content (AvgIpc) is 2.85. The van der Waals surface area contributed by atoms with Crippen LogP contribution in [0.2, 0.25) is 0 Å². The van der Waals surface area contributed by atoms with Crippen LogP contribution in [0.15, 0.2) is 30.5 Å². The number of fused-ring (bicyclic) bond motifs is 6. The van der Waals surface area contributed by atoms with Crippen LogP contribution in [-0.4, -0.2) is 16.0 Å². The smallest absolute Gasteiger partial charge is 0.223 e. The zero-order valence-corrected chi connectivity index (χ0v) is 10.8. The van der Waals surface area contributed by atoms with E-state index in [-0.39, 0.29) is 0 Å². The predicted octanol–water partition coefficient (Wildman–Crippen LogP) is 3.09. The molecule has 2 aromatic rings. The molecule has 3 nitrogen and oxygen atoms in total. The molecule has 19 heavy (non-hydrogen) atoms. The third-order valence-electron chi connectivity index (χ3n) is 5.52. The molecule has 96 valence electrons. The van der Waals surface area contributed by atoms with Gasteiger partial charge in [-0.2, -0.15) is 0 Å². The van der Waals surface area contributed by atoms with Gasteiger partial charge in [-0.05, 0) is 49.0 Å². The van der Waals surface area contributed by atoms with Crippen molar-refractivity contribution in [1.29, 1.82) is 0 Å². The van der Waals surface area contributed by atoms with Crippen LogP contribution in [-0.2, 0) is 0 Å². The second-order valence-corrected chi connectivity index (χ2v) is 6.41. The molecule has 1 N–H and O–H groups in total. The van der Waals surface area contributed by atoms with Crippen molar-refractivity contribution in [1.82, 2.24) is 9.97 Å². The summed E-state index contributed by atoms with van der Waals surface area (Å²) in [7, 11) is 0. The zero-order valence-electron chi connectivity index (χ0n) is 10.8. The maximum Gasteiger partial charge on any atom is 0.223 e. The number of anilines is 1. The van der Waals surface area contributed by atoms with Gasteiger partial charge in [-0.25, -0.2) is 9.97 Å². The second kappa shape index (κ2) is 3.47. The molecule has 1 aromatic carbocycles. The number of para-hydroxylation sites is 1. The van der Waals surface area contributed by atoms with E-state index in [1.54, 1.807) is 0 Å². The van der Waals surface area contributed by atoms with Crippen LogP contribution in [0, 0.1) is 23.7 Å². The molecule has 2 bridgehead atoms. The summed E-state index contributed by atoms with van der Waals surface area (Å²) >= 11 is 0. The third-order valence-corrected chi connectivity index (χ3v) is 5.52. The van der Waals surface area contributed by atoms with Gasteiger partial charge in [0, 0.05) is 17.6 Å². The Kier molecular flexibility index (Phi) is 1.86. The summed E-state index contributed by atoms with van der Waals surface area (Å²) in [5, 5.41) is 4.70. The van der Waals surface area contributed by atoms with Crippen molar-refractivity contribution < 1.29 is 0 Å². The van der Waals surface area contributed by atoms with Gasteiger partial charge in [0.05, 0.1) is 5.52 Å². The molecular weight excluding hydrogens is 234 g/mol. The number of hydrogen-bond acceptors (Lipinski definition) is 3. The molecule has 5 rings (SSSR count). The monoisotopic (exact) mass is 251 g/mol. The van der Waals surface area contributed by atoms with E-state index < -0.39 is 0 Å². The summed E-state index contributed by atoms with van der Waals surface area (Å²) in [6.45, 7) is 0. The number of benzene rings is 1. The SMILES string of the molecule is c1ccc2nc(NC3C4C5CCC(C5)C34)ncc2c1. The van der Waals surface area contributed by atoms with E-state index in [2.05, 4.69) is 27.4 Å². The first kappa shape index (κ1) is 10.2. The molecular formula is C16H17N3. The number of hydrogen-bond donors (Lipinski definition) is 1. The molecule has 1 aromatic heterocycles. The molecule has 4 unspecified atom stereocenters. The average molecular weight is 251 g/mol. The highest BCUT2D eigenvalue weighted by Crippen LogP contribution is 2.66. The van der Waals surface area contributed by atoms with Gasteiger partial charge in [0.2, 0.25) is 5.95 Å². The van der Waals surface area contributed by atoms with Crippen LogP contribution < -0.4 is 5.32 Å². The molecule has 0 aliphatic heterocycles. The van der Waals surface area contributed by atoms with Crippen molar-refractivity contribution in [2.24, 2.45) is 23.7 Å². The van der Waals surface area contributed by atoms with E-state index in [4.69, 9.17) is 0 Å². The Morgan fingerprint density at radius 3 is 2.68 bits per heavy atom. The van der Waals surface area contributed by atoms with Gasteiger partial charge >= 0.3 is 0 Å². The Bertz CT molecular complexity index is 637. The van der Waals surface area contributed by atoms with Crippen molar-refractivity contribution in [2.75, 3.05) is 5.32 Å². The summed E-state index contributed by atoms with van der Waals surface area (Å²) in [6.07, 6.45) is 6.34. The van der Waals surface area contributed by atoms with Crippen molar-refractivity contribution >= 4 is 16.9 Å². The normalized spacial score (nSPS) is 38.4. The lowest BCUT2D eigenvalue weighted by molar-refractivity contribution is 0.456. The Morgan fingerprint density at radius 1 is 1.05 bits per heavy atom. The first-order chi connectivity index (χ1) is 9.40. The molecule has 3 saturated carbocycles. The number of nitrogens with one attached hydrogen (secondary N) is 1. The minimum absolute atomic E-state index is 0.660. The van der Waals surface area contributed by atoms with E-state index in [1.165, 1.54) is 19.3 Å². The Morgan fingerprint density at radius 2 is 1.84 bits per heavy atom. The lowest BCUT2D eigenvalue weighted by Gasteiger charge is -2.10. The number of aromatic nitrogens is 2. The van der Waals surface area contributed by atoms with E-state index in [0.717, 1.165) is 40.5 Å². The van der Waals surface area contributed by atoms with E-state index in [0.29, 0.717) is 6.04 Å². The third kappa shape index (κ3) is 1.38. The fourth-order valence-corrected chi connectivity index (χ4v) is 4.71. The largest absolute Gasteiger partial charge is 0.351 e. The van der Waals surface area contributed by atoms with Gasteiger partial charge in [0.1, 0.15) is 0 Å². The van der Waals surface area contributed by atoms with Crippen LogP contribution in [0.5, 0.6) is 0 Å². The zero-order chi connectivity index (χ0) is 12.4. The second-order valence-electron chi connectivity index (χ2n) is 6.41. The summed E-state index contributed by atoms with van der Waals surface area (Å²) in [4.78, 5) is 9.09. The highest BCUT2D eigenvalue weighted by Gasteiger charge is 2.65. The summed E-state index contributed by atoms with van der Waals surface area (Å²) < 4.78 is 0. The lowest BCUT2D eigenvalue weighted by atomic mass is 10.0. The lowest BCUT2D eigenvalue weighted by Crippen LogP contribution is -2.14. The van der Waals surface area contributed by atoms with Gasteiger partial charge in [-0.1, -0.05) is 18.2 Å². The quantitative estimate of drug-likeness (QED) is 0.891. The van der Waals surface area contributed by atoms with Gasteiger partial charge in [-0.3, -0.25) is 0 Å². The van der Waals surface area contributed by atoms with E-state index in [9.17, 15) is 0 Å². The van der Waals surface area contributed by atoms with Crippen LogP contribution in [0.25, 0.3) is 10.9 Å². The minimum atomic E-state index is 0.660. The fourth-order valence-electron chi connectivity index (χ4n) is 4.71. The Labute approximate surface area is 112 Å². The molecule has 4 atom stereocenters. The molecule has 3 aliphatic rings. The maximum atomic E-state index is 4.63. The summed E-state index contributed by atoms with van der Waals surface area (Å²) in [5.41, 5.74) is 1.04. The van der Waals surface area contributed by atoms with Gasteiger partial charge in [0.15, 0.2) is 0 Å². The predicted molar refractivity (Wildman–Crippen MR) is 74.8 cm³/mol. The van der Waals surface area contributed by atoms with E-state index in [1.807, 2.05) is 18.3 Å². The highest BCUT2D eigenvalue weighted by molar-refractivity contribution is 5.78. The van der Waals surface area contributed by atoms with Crippen molar-refractivity contribution in [2.45, 2.75) is 25.3 Å². The standard InChI is InChI=1S/C16H17N3/c1-2-4-12-11(3-1)8-17-16(18-12)19-15-13-9-5-6-10(7-9)14(13)15/h1-4,8-10,13-15H,5-7H2,(H,17,18,19). The number of nitrogens with zero attached hydrogens (tertiary/aromatic N) is 2. The molecule has 0 amide bonds. The summed E-state index contributed by atoms with van der Waals surface area (Å²) in [5.74, 6) is 4.65. The van der Waals surface area contributed by atoms with Crippen LogP contribution in [0.4, 0.5) is 5.95 Å². The van der Waals surface area contributed by atoms with Crippen molar-refractivity contribution in [3.05, 3.63) is 30.5 Å². The molecule has 3 aliphatic carbocycles. The van der Waals surface area contributed by atoms with E-state index >= 15 is 0 Å². The molecule has 0 radical (unpaired) electrons. The van der Waals surface area contributed by atoms with Crippen molar-refractivity contribution in [3.8, 4) is 0 Å². The highest BCUT2D eigenvalue weighted by atomic mass is 15.2. The molecule has 0 saturated heterocycles.